The third-order valence-electron chi connectivity index (χ3n) is 6.77. The van der Waals surface area contributed by atoms with Gasteiger partial charge in [-0.25, -0.2) is 4.39 Å². The van der Waals surface area contributed by atoms with Gasteiger partial charge in [-0.3, -0.25) is 0 Å². The molecule has 0 amide bonds. The van der Waals surface area contributed by atoms with Crippen LogP contribution in [-0.4, -0.2) is 16.3 Å². The second-order valence-corrected chi connectivity index (χ2v) is 7.52. The van der Waals surface area contributed by atoms with Gasteiger partial charge in [-0.15, -0.1) is 0 Å². The Morgan fingerprint density at radius 3 is 2.81 bits per heavy atom. The van der Waals surface area contributed by atoms with Crippen LogP contribution in [-0.2, 0) is 6.42 Å². The first-order valence-electron chi connectivity index (χ1n) is 8.20. The second kappa shape index (κ2) is 4.45. The average Bonchev–Trinajstić information content (AvgIpc) is 2.78. The lowest BCUT2D eigenvalue weighted by Gasteiger charge is -2.50. The summed E-state index contributed by atoms with van der Waals surface area (Å²) in [6.07, 6.45) is 5.63. The Morgan fingerprint density at radius 2 is 2.00 bits per heavy atom. The molecule has 0 spiro atoms. The minimum absolute atomic E-state index is 0.0636. The van der Waals surface area contributed by atoms with Gasteiger partial charge < -0.3 is 10.2 Å². The first-order chi connectivity index (χ1) is 10.0. The summed E-state index contributed by atoms with van der Waals surface area (Å²) in [7, 11) is 0. The molecular formula is C18H23FO2. The molecule has 3 aliphatic carbocycles. The first-order valence-corrected chi connectivity index (χ1v) is 8.20. The number of aliphatic hydroxyl groups is 1. The van der Waals surface area contributed by atoms with Crippen LogP contribution in [0.15, 0.2) is 12.1 Å². The highest BCUT2D eigenvalue weighted by Crippen LogP contribution is 2.61. The highest BCUT2D eigenvalue weighted by atomic mass is 19.1. The summed E-state index contributed by atoms with van der Waals surface area (Å²) in [5.74, 6) is 0.913. The van der Waals surface area contributed by atoms with Crippen molar-refractivity contribution in [2.24, 2.45) is 17.3 Å². The van der Waals surface area contributed by atoms with E-state index in [-0.39, 0.29) is 17.3 Å². The molecule has 1 aromatic rings. The van der Waals surface area contributed by atoms with Gasteiger partial charge in [0.2, 0.25) is 0 Å². The summed E-state index contributed by atoms with van der Waals surface area (Å²) < 4.78 is 14.2. The Kier molecular flexibility index (Phi) is 2.88. The molecule has 0 saturated heterocycles. The van der Waals surface area contributed by atoms with Crippen LogP contribution >= 0.6 is 0 Å². The van der Waals surface area contributed by atoms with Gasteiger partial charge in [0.1, 0.15) is 0 Å². The van der Waals surface area contributed by atoms with Crippen LogP contribution in [0.2, 0.25) is 0 Å². The molecule has 2 N–H and O–H groups in total. The number of fused-ring (bicyclic) bond motifs is 5. The van der Waals surface area contributed by atoms with Crippen molar-refractivity contribution in [2.75, 3.05) is 0 Å². The predicted octanol–water partition coefficient (Wildman–Crippen LogP) is 3.75. The van der Waals surface area contributed by atoms with Crippen molar-refractivity contribution in [2.45, 2.75) is 57.5 Å². The number of benzene rings is 1. The van der Waals surface area contributed by atoms with E-state index in [1.165, 1.54) is 6.07 Å². The largest absolute Gasteiger partial charge is 0.505 e. The standard InChI is InChI=1S/C18H23FO2/c1-18-9-8-11-10-4-6-15(20)17(19)13(10)3-2-12(11)14(18)5-7-16(18)21/h4,6,11-12,14,16,20-21H,2-3,5,7-9H2,1H3/t11-,12-,14+,16-,18+/m1/s1. The van der Waals surface area contributed by atoms with Crippen molar-refractivity contribution < 1.29 is 14.6 Å². The summed E-state index contributed by atoms with van der Waals surface area (Å²) in [6.45, 7) is 2.25. The number of phenolic OH excluding ortho intramolecular Hbond substituents is 1. The van der Waals surface area contributed by atoms with E-state index in [4.69, 9.17) is 0 Å². The molecular weight excluding hydrogens is 267 g/mol. The van der Waals surface area contributed by atoms with Crippen molar-refractivity contribution in [3.8, 4) is 5.75 Å². The monoisotopic (exact) mass is 290 g/mol. The lowest BCUT2D eigenvalue weighted by atomic mass is 9.55. The number of hydrogen-bond acceptors (Lipinski definition) is 2. The van der Waals surface area contributed by atoms with Gasteiger partial charge in [-0.1, -0.05) is 13.0 Å². The highest BCUT2D eigenvalue weighted by molar-refractivity contribution is 5.41. The molecule has 21 heavy (non-hydrogen) atoms. The average molecular weight is 290 g/mol. The summed E-state index contributed by atoms with van der Waals surface area (Å²) in [6, 6.07) is 3.44. The fourth-order valence-corrected chi connectivity index (χ4v) is 5.58. The van der Waals surface area contributed by atoms with E-state index in [9.17, 15) is 14.6 Å². The van der Waals surface area contributed by atoms with E-state index in [1.807, 2.05) is 6.07 Å². The molecule has 0 heterocycles. The van der Waals surface area contributed by atoms with Gasteiger partial charge in [0.15, 0.2) is 11.6 Å². The van der Waals surface area contributed by atoms with Gasteiger partial charge in [-0.05, 0) is 78.9 Å². The maximum absolute atomic E-state index is 14.2. The third-order valence-corrected chi connectivity index (χ3v) is 6.77. The summed E-state index contributed by atoms with van der Waals surface area (Å²) in [4.78, 5) is 0. The normalized spacial score (nSPS) is 41.3. The molecule has 3 heteroatoms. The van der Waals surface area contributed by atoms with Crippen LogP contribution in [0.4, 0.5) is 4.39 Å². The van der Waals surface area contributed by atoms with Crippen LogP contribution in [0.1, 0.15) is 56.1 Å². The number of rotatable bonds is 0. The van der Waals surface area contributed by atoms with Crippen LogP contribution in [0.5, 0.6) is 5.75 Å². The van der Waals surface area contributed by atoms with E-state index in [1.54, 1.807) is 0 Å². The van der Waals surface area contributed by atoms with Crippen LogP contribution in [0.25, 0.3) is 0 Å². The first kappa shape index (κ1) is 13.6. The predicted molar refractivity (Wildman–Crippen MR) is 78.7 cm³/mol. The van der Waals surface area contributed by atoms with E-state index < -0.39 is 5.82 Å². The van der Waals surface area contributed by atoms with Gasteiger partial charge >= 0.3 is 0 Å². The fourth-order valence-electron chi connectivity index (χ4n) is 5.58. The van der Waals surface area contributed by atoms with E-state index in [2.05, 4.69) is 6.92 Å². The molecule has 4 rings (SSSR count). The lowest BCUT2D eigenvalue weighted by Crippen LogP contribution is -2.44. The highest BCUT2D eigenvalue weighted by Gasteiger charge is 2.54. The van der Waals surface area contributed by atoms with E-state index in [0.29, 0.717) is 17.8 Å². The molecule has 0 radical (unpaired) electrons. The molecule has 0 aromatic heterocycles. The van der Waals surface area contributed by atoms with Crippen molar-refractivity contribution >= 4 is 0 Å². The lowest BCUT2D eigenvalue weighted by molar-refractivity contribution is -0.0227. The number of aliphatic hydroxyl groups excluding tert-OH is 1. The molecule has 0 aliphatic heterocycles. The Hall–Kier alpha value is -1.09. The van der Waals surface area contributed by atoms with Gasteiger partial charge in [0, 0.05) is 0 Å². The van der Waals surface area contributed by atoms with Gasteiger partial charge in [0.05, 0.1) is 6.10 Å². The number of hydrogen-bond donors (Lipinski definition) is 2. The zero-order valence-electron chi connectivity index (χ0n) is 12.5. The number of halogens is 1. The summed E-state index contributed by atoms with van der Waals surface area (Å²) >= 11 is 0. The van der Waals surface area contributed by atoms with E-state index >= 15 is 0 Å². The van der Waals surface area contributed by atoms with Crippen molar-refractivity contribution in [3.63, 3.8) is 0 Å². The molecule has 2 saturated carbocycles. The van der Waals surface area contributed by atoms with Crippen LogP contribution in [0.3, 0.4) is 0 Å². The van der Waals surface area contributed by atoms with Crippen LogP contribution in [0, 0.1) is 23.1 Å². The van der Waals surface area contributed by atoms with Crippen molar-refractivity contribution in [1.29, 1.82) is 0 Å². The SMILES string of the molecule is C[C@]12CC[C@@H]3c4ccc(O)c(F)c4CC[C@H]3[C@@H]1CC[C@H]2O. The van der Waals surface area contributed by atoms with Gasteiger partial charge in [-0.2, -0.15) is 0 Å². The van der Waals surface area contributed by atoms with Gasteiger partial charge in [0.25, 0.3) is 0 Å². The molecule has 5 atom stereocenters. The zero-order chi connectivity index (χ0) is 14.8. The van der Waals surface area contributed by atoms with E-state index in [0.717, 1.165) is 49.7 Å². The minimum Gasteiger partial charge on any atom is -0.505 e. The Bertz CT molecular complexity index is 585. The zero-order valence-corrected chi connectivity index (χ0v) is 12.5. The van der Waals surface area contributed by atoms with Crippen molar-refractivity contribution in [1.82, 2.24) is 0 Å². The Morgan fingerprint density at radius 1 is 1.19 bits per heavy atom. The molecule has 0 bridgehead atoms. The van der Waals surface area contributed by atoms with Crippen molar-refractivity contribution in [3.05, 3.63) is 29.1 Å². The fraction of sp³-hybridized carbons (Fsp3) is 0.667. The Labute approximate surface area is 125 Å². The molecule has 114 valence electrons. The minimum atomic E-state index is -0.411. The molecule has 2 fully saturated rings. The molecule has 0 unspecified atom stereocenters. The molecule has 1 aromatic carbocycles. The molecule has 3 aliphatic rings. The topological polar surface area (TPSA) is 40.5 Å². The summed E-state index contributed by atoms with van der Waals surface area (Å²) in [5, 5.41) is 19.9. The number of aromatic hydroxyl groups is 1. The smallest absolute Gasteiger partial charge is 0.168 e. The quantitative estimate of drug-likeness (QED) is 0.764. The maximum atomic E-state index is 14.2. The third kappa shape index (κ3) is 1.73. The second-order valence-electron chi connectivity index (χ2n) is 7.52. The van der Waals surface area contributed by atoms with Crippen LogP contribution < -0.4 is 0 Å². The molecule has 2 nitrogen and oxygen atoms in total. The Balaban J connectivity index is 1.74. The maximum Gasteiger partial charge on any atom is 0.168 e. The summed E-state index contributed by atoms with van der Waals surface area (Å²) in [5.41, 5.74) is 1.91. The number of phenols is 1.